The maximum Gasteiger partial charge on any atom is 0.136 e. The average Bonchev–Trinajstić information content (AvgIpc) is 3.98. The fourth-order valence-corrected chi connectivity index (χ4v) is 10.3. The van der Waals surface area contributed by atoms with Crippen LogP contribution in [0.3, 0.4) is 0 Å². The van der Waals surface area contributed by atoms with Crippen LogP contribution in [0.1, 0.15) is 0 Å². The lowest BCUT2D eigenvalue weighted by Crippen LogP contribution is -2.09. The number of para-hydroxylation sites is 4. The Bertz CT molecular complexity index is 3910. The van der Waals surface area contributed by atoms with E-state index in [4.69, 9.17) is 4.42 Å². The van der Waals surface area contributed by atoms with Crippen molar-refractivity contribution in [2.75, 3.05) is 4.90 Å². The van der Waals surface area contributed by atoms with Crippen molar-refractivity contribution in [1.82, 2.24) is 4.57 Å². The van der Waals surface area contributed by atoms with Crippen LogP contribution >= 0.6 is 0 Å². The second kappa shape index (κ2) is 16.9. The molecule has 0 radical (unpaired) electrons. The van der Waals surface area contributed by atoms with E-state index in [1.807, 2.05) is 12.1 Å². The minimum atomic E-state index is 0.906. The van der Waals surface area contributed by atoms with Gasteiger partial charge in [0, 0.05) is 44.2 Å². The summed E-state index contributed by atoms with van der Waals surface area (Å²) in [5, 5.41) is 4.80. The van der Waals surface area contributed by atoms with Crippen molar-refractivity contribution in [1.29, 1.82) is 0 Å². The molecule has 11 aromatic carbocycles. The van der Waals surface area contributed by atoms with E-state index in [9.17, 15) is 0 Å². The molecule has 0 bridgehead atoms. The number of hydrogen-bond acceptors (Lipinski definition) is 2. The largest absolute Gasteiger partial charge is 0.456 e. The average molecular weight is 881 g/mol. The van der Waals surface area contributed by atoms with E-state index in [1.165, 1.54) is 55.2 Å². The fourth-order valence-electron chi connectivity index (χ4n) is 10.3. The number of aromatic nitrogens is 1. The molecular formula is C66H44N2O. The van der Waals surface area contributed by atoms with Crippen molar-refractivity contribution in [3.8, 4) is 61.3 Å². The molecule has 13 aromatic rings. The molecule has 0 spiro atoms. The molecule has 13 rings (SSSR count). The summed E-state index contributed by atoms with van der Waals surface area (Å²) in [7, 11) is 0. The first-order valence-electron chi connectivity index (χ1n) is 23.6. The number of hydrogen-bond donors (Lipinski definition) is 0. The Morgan fingerprint density at radius 1 is 0.261 bits per heavy atom. The van der Waals surface area contributed by atoms with Gasteiger partial charge in [-0.05, 0) is 117 Å². The molecule has 324 valence electrons. The first-order valence-corrected chi connectivity index (χ1v) is 23.6. The molecule has 0 aliphatic carbocycles. The molecule has 0 saturated carbocycles. The molecule has 0 N–H and O–H groups in total. The van der Waals surface area contributed by atoms with Crippen molar-refractivity contribution in [2.45, 2.75) is 0 Å². The molecule has 0 saturated heterocycles. The summed E-state index contributed by atoms with van der Waals surface area (Å²) in [4.78, 5) is 2.35. The van der Waals surface area contributed by atoms with E-state index in [0.717, 1.165) is 66.9 Å². The first kappa shape index (κ1) is 40.1. The van der Waals surface area contributed by atoms with Crippen LogP contribution in [-0.2, 0) is 0 Å². The Balaban J connectivity index is 0.852. The molecule has 0 aliphatic heterocycles. The minimum absolute atomic E-state index is 0.906. The van der Waals surface area contributed by atoms with Gasteiger partial charge in [0.1, 0.15) is 11.2 Å². The highest BCUT2D eigenvalue weighted by atomic mass is 16.3. The van der Waals surface area contributed by atoms with Gasteiger partial charge in [-0.2, -0.15) is 0 Å². The van der Waals surface area contributed by atoms with Crippen LogP contribution in [0.25, 0.3) is 105 Å². The van der Waals surface area contributed by atoms with Crippen molar-refractivity contribution in [3.63, 3.8) is 0 Å². The highest BCUT2D eigenvalue weighted by molar-refractivity contribution is 6.12. The summed E-state index contributed by atoms with van der Waals surface area (Å²) in [5.41, 5.74) is 20.4. The Kier molecular flexibility index (Phi) is 9.84. The van der Waals surface area contributed by atoms with Crippen LogP contribution in [-0.4, -0.2) is 4.57 Å². The number of nitrogens with zero attached hydrogens (tertiary/aromatic N) is 2. The lowest BCUT2D eigenvalue weighted by Gasteiger charge is -2.26. The predicted molar refractivity (Wildman–Crippen MR) is 290 cm³/mol. The van der Waals surface area contributed by atoms with E-state index in [1.54, 1.807) is 0 Å². The van der Waals surface area contributed by atoms with Gasteiger partial charge in [-0.15, -0.1) is 0 Å². The Morgan fingerprint density at radius 3 is 1.20 bits per heavy atom. The maximum absolute atomic E-state index is 6.21. The Labute approximate surface area is 401 Å². The van der Waals surface area contributed by atoms with Gasteiger partial charge in [-0.1, -0.05) is 200 Å². The summed E-state index contributed by atoms with van der Waals surface area (Å²) in [6.07, 6.45) is 0. The molecular weight excluding hydrogens is 837 g/mol. The SMILES string of the molecule is c1ccc(-c2ccc(-c3ccc(N(c4ccc(-c5ccc(-c6cccc7oc8ccccc8c67)cc5)cc4)c4ccc(-c5ccccc5-n5c6ccccc6c6ccccc65)cc4)cc3)cc2)cc1. The number of fused-ring (bicyclic) bond motifs is 6. The van der Waals surface area contributed by atoms with Crippen molar-refractivity contribution < 1.29 is 4.42 Å². The zero-order chi connectivity index (χ0) is 45.7. The Morgan fingerprint density at radius 2 is 0.638 bits per heavy atom. The van der Waals surface area contributed by atoms with Gasteiger partial charge in [-0.3, -0.25) is 0 Å². The molecule has 3 nitrogen and oxygen atoms in total. The molecule has 0 fully saturated rings. The van der Waals surface area contributed by atoms with Gasteiger partial charge in [0.25, 0.3) is 0 Å². The van der Waals surface area contributed by atoms with Gasteiger partial charge in [0.15, 0.2) is 0 Å². The standard InChI is InChI=1S/C66H44N2O/c1-2-13-45(14-3-1)46-25-27-47(28-26-46)49-33-39-53(40-34-49)67(54-41-35-50(36-42-54)48-29-31-52(32-30-48)57-19-12-24-65-66(57)60-18-7-11-23-64(60)69-65)55-43-37-51(38-44-55)56-15-4-8-20-61(56)68-62-21-9-5-16-58(62)59-17-6-10-22-63(59)68/h1-44H. The van der Waals surface area contributed by atoms with Gasteiger partial charge in [0.2, 0.25) is 0 Å². The minimum Gasteiger partial charge on any atom is -0.456 e. The highest BCUT2D eigenvalue weighted by Crippen LogP contribution is 2.41. The zero-order valence-corrected chi connectivity index (χ0v) is 37.7. The second-order valence-corrected chi connectivity index (χ2v) is 17.7. The first-order chi connectivity index (χ1) is 34.2. The van der Waals surface area contributed by atoms with Crippen LogP contribution in [0.5, 0.6) is 0 Å². The third kappa shape index (κ3) is 7.16. The van der Waals surface area contributed by atoms with E-state index in [2.05, 4.69) is 264 Å². The molecule has 0 atom stereocenters. The summed E-state index contributed by atoms with van der Waals surface area (Å²) >= 11 is 0. The molecule has 0 unspecified atom stereocenters. The van der Waals surface area contributed by atoms with Gasteiger partial charge in [-0.25, -0.2) is 0 Å². The lowest BCUT2D eigenvalue weighted by atomic mass is 9.97. The molecule has 69 heavy (non-hydrogen) atoms. The van der Waals surface area contributed by atoms with Crippen LogP contribution in [0.2, 0.25) is 0 Å². The van der Waals surface area contributed by atoms with E-state index < -0.39 is 0 Å². The van der Waals surface area contributed by atoms with Crippen LogP contribution in [0, 0.1) is 0 Å². The predicted octanol–water partition coefficient (Wildman–Crippen LogP) is 18.5. The normalized spacial score (nSPS) is 11.5. The molecule has 2 aromatic heterocycles. The number of anilines is 3. The van der Waals surface area contributed by atoms with E-state index in [0.29, 0.717) is 0 Å². The summed E-state index contributed by atoms with van der Waals surface area (Å²) in [6, 6.07) is 96.0. The van der Waals surface area contributed by atoms with Crippen LogP contribution in [0.15, 0.2) is 271 Å². The topological polar surface area (TPSA) is 21.3 Å². The van der Waals surface area contributed by atoms with Gasteiger partial charge < -0.3 is 13.9 Å². The second-order valence-electron chi connectivity index (χ2n) is 17.7. The third-order valence-corrected chi connectivity index (χ3v) is 13.7. The van der Waals surface area contributed by atoms with Crippen LogP contribution in [0.4, 0.5) is 17.1 Å². The van der Waals surface area contributed by atoms with E-state index >= 15 is 0 Å². The van der Waals surface area contributed by atoms with E-state index in [-0.39, 0.29) is 0 Å². The van der Waals surface area contributed by atoms with Gasteiger partial charge >= 0.3 is 0 Å². The summed E-state index contributed by atoms with van der Waals surface area (Å²) < 4.78 is 8.62. The number of furan rings is 1. The number of benzene rings is 11. The highest BCUT2D eigenvalue weighted by Gasteiger charge is 2.18. The smallest absolute Gasteiger partial charge is 0.136 e. The molecule has 3 heteroatoms. The van der Waals surface area contributed by atoms with Crippen LogP contribution < -0.4 is 4.90 Å². The maximum atomic E-state index is 6.21. The monoisotopic (exact) mass is 880 g/mol. The lowest BCUT2D eigenvalue weighted by molar-refractivity contribution is 0.669. The molecule has 0 aliphatic rings. The zero-order valence-electron chi connectivity index (χ0n) is 37.7. The summed E-state index contributed by atoms with van der Waals surface area (Å²) in [6.45, 7) is 0. The quantitative estimate of drug-likeness (QED) is 0.144. The van der Waals surface area contributed by atoms with Crippen molar-refractivity contribution in [3.05, 3.63) is 267 Å². The van der Waals surface area contributed by atoms with Gasteiger partial charge in [0.05, 0.1) is 16.7 Å². The Hall–Kier alpha value is -9.18. The molecule has 0 amide bonds. The number of rotatable bonds is 9. The van der Waals surface area contributed by atoms with Crippen molar-refractivity contribution in [2.24, 2.45) is 0 Å². The third-order valence-electron chi connectivity index (χ3n) is 13.7. The van der Waals surface area contributed by atoms with Crippen molar-refractivity contribution >= 4 is 60.8 Å². The fraction of sp³-hybridized carbons (Fsp3) is 0. The molecule has 2 heterocycles. The summed E-state index contributed by atoms with van der Waals surface area (Å²) in [5.74, 6) is 0.